The highest BCUT2D eigenvalue weighted by molar-refractivity contribution is 7.80. The van der Waals surface area contributed by atoms with Crippen molar-refractivity contribution < 1.29 is 4.74 Å². The Morgan fingerprint density at radius 1 is 1.05 bits per heavy atom. The zero-order valence-corrected chi connectivity index (χ0v) is 13.9. The fourth-order valence-corrected chi connectivity index (χ4v) is 2.02. The van der Waals surface area contributed by atoms with E-state index >= 15 is 0 Å². The minimum atomic E-state index is 0.726. The highest BCUT2D eigenvalue weighted by Gasteiger charge is 2.04. The number of hydrogen-bond acceptors (Lipinski definition) is 4. The lowest BCUT2D eigenvalue weighted by atomic mass is 10.3. The summed E-state index contributed by atoms with van der Waals surface area (Å²) >= 11 is 5.10. The van der Waals surface area contributed by atoms with Crippen molar-refractivity contribution in [3.05, 3.63) is 12.3 Å². The number of rotatable bonds is 12. The van der Waals surface area contributed by atoms with E-state index < -0.39 is 0 Å². The summed E-state index contributed by atoms with van der Waals surface area (Å²) < 4.78 is 5.69. The molecule has 0 aromatic carbocycles. The molecule has 0 bridgehead atoms. The first-order valence-electron chi connectivity index (χ1n) is 7.23. The normalized spacial score (nSPS) is 10.8. The number of hydrogen-bond donors (Lipinski definition) is 0. The Morgan fingerprint density at radius 3 is 2.05 bits per heavy atom. The van der Waals surface area contributed by atoms with Crippen LogP contribution in [0.1, 0.15) is 33.6 Å². The van der Waals surface area contributed by atoms with Crippen LogP contribution in [0.2, 0.25) is 0 Å². The van der Waals surface area contributed by atoms with Crippen LogP contribution in [-0.4, -0.2) is 61.1 Å². The van der Waals surface area contributed by atoms with Gasteiger partial charge in [-0.05, 0) is 32.9 Å². The Hall–Kier alpha value is -0.450. The molecule has 4 heteroatoms. The Balaban J connectivity index is 3.68. The van der Waals surface area contributed by atoms with Gasteiger partial charge in [0.25, 0.3) is 0 Å². The van der Waals surface area contributed by atoms with Crippen molar-refractivity contribution in [1.29, 1.82) is 0 Å². The predicted molar refractivity (Wildman–Crippen MR) is 87.9 cm³/mol. The van der Waals surface area contributed by atoms with Gasteiger partial charge in [0.15, 0.2) is 0 Å². The first-order valence-corrected chi connectivity index (χ1v) is 7.64. The van der Waals surface area contributed by atoms with Crippen LogP contribution in [0.5, 0.6) is 0 Å². The van der Waals surface area contributed by atoms with Gasteiger partial charge in [-0.1, -0.05) is 32.6 Å². The molecule has 0 aromatic heterocycles. The van der Waals surface area contributed by atoms with E-state index in [0.717, 1.165) is 50.0 Å². The van der Waals surface area contributed by atoms with Gasteiger partial charge in [-0.15, -0.1) is 0 Å². The van der Waals surface area contributed by atoms with Crippen LogP contribution in [0.3, 0.4) is 0 Å². The molecule has 0 spiro atoms. The van der Waals surface area contributed by atoms with Crippen LogP contribution in [0.25, 0.3) is 0 Å². The van der Waals surface area contributed by atoms with Crippen molar-refractivity contribution in [1.82, 2.24) is 9.80 Å². The van der Waals surface area contributed by atoms with Gasteiger partial charge in [-0.3, -0.25) is 0 Å². The number of nitrogens with zero attached hydrogens (tertiary/aromatic N) is 2. The summed E-state index contributed by atoms with van der Waals surface area (Å²) in [7, 11) is 2.00. The maximum Gasteiger partial charge on any atom is 0.0642 e. The molecule has 0 saturated heterocycles. The summed E-state index contributed by atoms with van der Waals surface area (Å²) in [5.74, 6) is 0. The second-order valence-electron chi connectivity index (χ2n) is 4.88. The van der Waals surface area contributed by atoms with E-state index in [1.165, 1.54) is 12.8 Å². The van der Waals surface area contributed by atoms with Crippen LogP contribution in [0, 0.1) is 0 Å². The highest BCUT2D eigenvalue weighted by Crippen LogP contribution is 2.01. The van der Waals surface area contributed by atoms with Gasteiger partial charge in [-0.2, -0.15) is 0 Å². The van der Waals surface area contributed by atoms with E-state index in [4.69, 9.17) is 17.0 Å². The molecule has 0 unspecified atom stereocenters. The number of thiocarbonyl (C=S) groups is 1. The molecule has 0 atom stereocenters. The van der Waals surface area contributed by atoms with E-state index in [0.29, 0.717) is 0 Å². The van der Waals surface area contributed by atoms with Crippen molar-refractivity contribution in [2.24, 2.45) is 0 Å². The monoisotopic (exact) mass is 286 g/mol. The highest BCUT2D eigenvalue weighted by atomic mass is 32.1. The van der Waals surface area contributed by atoms with Crippen LogP contribution in [0.15, 0.2) is 12.3 Å². The number of ether oxygens (including phenoxy) is 1. The lowest BCUT2D eigenvalue weighted by Gasteiger charge is -2.23. The average Bonchev–Trinajstić information content (AvgIpc) is 2.37. The summed E-state index contributed by atoms with van der Waals surface area (Å²) in [5.41, 5.74) is 0.914. The lowest BCUT2D eigenvalue weighted by Crippen LogP contribution is -2.30. The third-order valence-corrected chi connectivity index (χ3v) is 3.31. The molecule has 3 nitrogen and oxygen atoms in total. The number of likely N-dealkylation sites (N-methyl/N-ethyl adjacent to an activating group) is 1. The molecule has 112 valence electrons. The molecule has 0 rings (SSSR count). The van der Waals surface area contributed by atoms with Gasteiger partial charge < -0.3 is 14.5 Å². The molecular formula is C15H30N2OS. The molecule has 0 amide bonds. The quantitative estimate of drug-likeness (QED) is 0.311. The van der Waals surface area contributed by atoms with E-state index in [1.807, 2.05) is 14.0 Å². The fraction of sp³-hybridized carbons (Fsp3) is 0.800. The largest absolute Gasteiger partial charge is 0.378 e. The van der Waals surface area contributed by atoms with E-state index in [2.05, 4.69) is 30.2 Å². The van der Waals surface area contributed by atoms with Crippen LogP contribution in [-0.2, 0) is 4.74 Å². The molecule has 0 heterocycles. The smallest absolute Gasteiger partial charge is 0.0642 e. The van der Waals surface area contributed by atoms with Gasteiger partial charge in [-0.25, -0.2) is 0 Å². The lowest BCUT2D eigenvalue weighted by molar-refractivity contribution is 0.0941. The first-order chi connectivity index (χ1) is 9.02. The molecule has 0 aliphatic carbocycles. The summed E-state index contributed by atoms with van der Waals surface area (Å²) in [6.45, 7) is 16.0. The zero-order valence-electron chi connectivity index (χ0n) is 13.1. The SMILES string of the molecule is C=C(C(C)=S)N(C)CCOCCN(CCC)CCC. The second kappa shape index (κ2) is 11.4. The topological polar surface area (TPSA) is 15.7 Å². The van der Waals surface area contributed by atoms with Crippen LogP contribution in [0.4, 0.5) is 0 Å². The van der Waals surface area contributed by atoms with Crippen LogP contribution < -0.4 is 0 Å². The Morgan fingerprint density at radius 2 is 1.58 bits per heavy atom. The molecule has 0 aliphatic heterocycles. The third-order valence-electron chi connectivity index (χ3n) is 3.07. The maximum atomic E-state index is 5.69. The van der Waals surface area contributed by atoms with Gasteiger partial charge in [0, 0.05) is 30.7 Å². The summed E-state index contributed by atoms with van der Waals surface area (Å²) in [4.78, 5) is 5.36. The Labute approximate surface area is 124 Å². The van der Waals surface area contributed by atoms with Crippen molar-refractivity contribution in [3.63, 3.8) is 0 Å². The summed E-state index contributed by atoms with van der Waals surface area (Å²) in [6.07, 6.45) is 2.41. The zero-order chi connectivity index (χ0) is 14.7. The third kappa shape index (κ3) is 9.14. The van der Waals surface area contributed by atoms with Crippen molar-refractivity contribution in [2.45, 2.75) is 33.6 Å². The van der Waals surface area contributed by atoms with Crippen molar-refractivity contribution in [2.75, 3.05) is 46.4 Å². The van der Waals surface area contributed by atoms with E-state index in [9.17, 15) is 0 Å². The average molecular weight is 286 g/mol. The predicted octanol–water partition coefficient (Wildman–Crippen LogP) is 2.96. The minimum Gasteiger partial charge on any atom is -0.378 e. The van der Waals surface area contributed by atoms with Crippen molar-refractivity contribution in [3.8, 4) is 0 Å². The second-order valence-corrected chi connectivity index (χ2v) is 5.49. The number of allylic oxidation sites excluding steroid dienone is 1. The molecule has 0 radical (unpaired) electrons. The molecule has 0 fully saturated rings. The Kier molecular flexibility index (Phi) is 11.1. The minimum absolute atomic E-state index is 0.726. The van der Waals surface area contributed by atoms with Crippen LogP contribution >= 0.6 is 12.2 Å². The maximum absolute atomic E-state index is 5.69. The standard InChI is InChI=1S/C15H30N2OS/c1-6-8-17(9-7-2)11-13-18-12-10-16(5)14(3)15(4)19/h3,6-13H2,1-2,4-5H3. The van der Waals surface area contributed by atoms with E-state index in [-0.39, 0.29) is 0 Å². The molecule has 0 N–H and O–H groups in total. The summed E-state index contributed by atoms with van der Waals surface area (Å²) in [5, 5.41) is 0. The molecule has 0 aromatic rings. The summed E-state index contributed by atoms with van der Waals surface area (Å²) in [6, 6.07) is 0. The van der Waals surface area contributed by atoms with Gasteiger partial charge in [0.05, 0.1) is 13.2 Å². The molecule has 0 aliphatic rings. The molecule has 19 heavy (non-hydrogen) atoms. The Bertz CT molecular complexity index is 263. The molecular weight excluding hydrogens is 256 g/mol. The van der Waals surface area contributed by atoms with Gasteiger partial charge in [0.2, 0.25) is 0 Å². The van der Waals surface area contributed by atoms with Gasteiger partial charge in [0.1, 0.15) is 0 Å². The first kappa shape index (κ1) is 18.6. The van der Waals surface area contributed by atoms with Gasteiger partial charge >= 0.3 is 0 Å². The van der Waals surface area contributed by atoms with E-state index in [1.54, 1.807) is 0 Å². The molecule has 0 saturated carbocycles. The van der Waals surface area contributed by atoms with Crippen molar-refractivity contribution >= 4 is 17.1 Å². The fourth-order valence-electron chi connectivity index (χ4n) is 1.87.